The van der Waals surface area contributed by atoms with Crippen LogP contribution in [0.3, 0.4) is 0 Å². The van der Waals surface area contributed by atoms with Crippen molar-refractivity contribution in [1.82, 2.24) is 0 Å². The third-order valence-electron chi connectivity index (χ3n) is 7.72. The van der Waals surface area contributed by atoms with Crippen LogP contribution in [0.5, 0.6) is 0 Å². The highest BCUT2D eigenvalue weighted by Crippen LogP contribution is 2.37. The summed E-state index contributed by atoms with van der Waals surface area (Å²) in [6.45, 7) is 0.488. The predicted octanol–water partition coefficient (Wildman–Crippen LogP) is -6.02. The van der Waals surface area contributed by atoms with Gasteiger partial charge in [0, 0.05) is 12.3 Å². The molecule has 0 amide bonds. The zero-order valence-electron chi connectivity index (χ0n) is 21.9. The Morgan fingerprint density at radius 1 is 0.925 bits per heavy atom. The molecule has 234 valence electrons. The minimum atomic E-state index is -2.64. The first-order chi connectivity index (χ1) is 18.7. The van der Waals surface area contributed by atoms with E-state index in [1.54, 1.807) is 0 Å². The van der Waals surface area contributed by atoms with Crippen molar-refractivity contribution in [2.45, 2.75) is 112 Å². The highest BCUT2D eigenvalue weighted by Gasteiger charge is 2.56. The highest BCUT2D eigenvalue weighted by atomic mass is 16.8. The molecule has 0 radical (unpaired) electrons. The van der Waals surface area contributed by atoms with Gasteiger partial charge in [-0.25, -0.2) is 4.79 Å². The summed E-state index contributed by atoms with van der Waals surface area (Å²) in [5.41, 5.74) is 0. The Morgan fingerprint density at radius 2 is 1.57 bits per heavy atom. The van der Waals surface area contributed by atoms with Gasteiger partial charge in [0.2, 0.25) is 0 Å². The first kappa shape index (κ1) is 33.4. The molecule has 40 heavy (non-hydrogen) atoms. The number of ether oxygens (including phenoxy) is 5. The Kier molecular flexibility index (Phi) is 11.2. The number of carboxylic acids is 1. The maximum atomic E-state index is 12.2. The van der Waals surface area contributed by atoms with Crippen LogP contribution >= 0.6 is 0 Å². The monoisotopic (exact) mass is 588 g/mol. The topological polar surface area (TPSA) is 286 Å². The molecule has 3 saturated heterocycles. The lowest BCUT2D eigenvalue weighted by Crippen LogP contribution is -2.65. The van der Waals surface area contributed by atoms with Gasteiger partial charge in [-0.3, -0.25) is 0 Å². The van der Waals surface area contributed by atoms with E-state index in [9.17, 15) is 55.9 Å². The Hall–Kier alpha value is -1.13. The molecule has 3 rings (SSSR count). The maximum absolute atomic E-state index is 12.2. The van der Waals surface area contributed by atoms with Crippen LogP contribution in [0.1, 0.15) is 20.3 Å². The second-order valence-corrected chi connectivity index (χ2v) is 10.5. The van der Waals surface area contributed by atoms with E-state index < -0.39 is 130 Å². The van der Waals surface area contributed by atoms with E-state index in [1.165, 1.54) is 13.8 Å². The molecule has 17 nitrogen and oxygen atoms in total. The average Bonchev–Trinajstić information content (AvgIpc) is 2.93. The molecule has 0 aliphatic carbocycles. The summed E-state index contributed by atoms with van der Waals surface area (Å²) in [6, 6.07) is 0. The minimum absolute atomic E-state index is 0.656. The van der Waals surface area contributed by atoms with Gasteiger partial charge in [-0.05, 0) is 6.92 Å². The van der Waals surface area contributed by atoms with Gasteiger partial charge in [0.15, 0.2) is 6.29 Å². The number of aliphatic hydroxyl groups is 10. The van der Waals surface area contributed by atoms with E-state index in [2.05, 4.69) is 0 Å². The van der Waals surface area contributed by atoms with Crippen LogP contribution in [0.4, 0.5) is 0 Å². The van der Waals surface area contributed by atoms with Crippen molar-refractivity contribution in [2.75, 3.05) is 19.8 Å². The minimum Gasteiger partial charge on any atom is -0.477 e. The smallest absolute Gasteiger partial charge is 0.364 e. The molecule has 0 bridgehead atoms. The molecule has 16 atom stereocenters. The van der Waals surface area contributed by atoms with Crippen molar-refractivity contribution < 1.29 is 84.7 Å². The quantitative estimate of drug-likeness (QED) is 0.113. The van der Waals surface area contributed by atoms with E-state index in [0.717, 1.165) is 0 Å². The fraction of sp³-hybridized carbons (Fsp3) is 0.957. The van der Waals surface area contributed by atoms with E-state index in [1.807, 2.05) is 0 Å². The number of rotatable bonds is 10. The standard InChI is InChI=1S/C23H40O17/c1-7-9(26)3-23(22(34)35,40-19(7)14(29)10(27)4-24)36-6-12-15(30)16(31)18(33)21(38-12)39-20-11(5-25)37-8(2)13(28)17(20)32/h7-21,24-33H,3-6H2,1-2H3,(H,34,35)/t7-,8?,9-,10-,11?,12?,13?,14?,15+,16+,17+,18?,19?,20-,21+,23-/m1/s1. The molecule has 3 fully saturated rings. The van der Waals surface area contributed by atoms with Gasteiger partial charge in [0.05, 0.1) is 38.1 Å². The SMILES string of the molecule is CC1OC(CO)[C@@H](O[C@@H]2OC(CO[C@]3(C(=O)O)C[C@@H](O)[C@@H](C)C(C(O)[C@H](O)CO)O3)[C@H](O)[C@H](O)C2O)[C@@H](O)C1O. The maximum Gasteiger partial charge on any atom is 0.364 e. The summed E-state index contributed by atoms with van der Waals surface area (Å²) in [5.74, 6) is -5.28. The summed E-state index contributed by atoms with van der Waals surface area (Å²) in [5, 5.41) is 111. The molecule has 0 aromatic heterocycles. The van der Waals surface area contributed by atoms with Crippen LogP contribution in [0.2, 0.25) is 0 Å². The van der Waals surface area contributed by atoms with Crippen LogP contribution in [0.25, 0.3) is 0 Å². The van der Waals surface area contributed by atoms with Gasteiger partial charge < -0.3 is 79.9 Å². The largest absolute Gasteiger partial charge is 0.477 e. The average molecular weight is 589 g/mol. The van der Waals surface area contributed by atoms with Crippen LogP contribution in [-0.2, 0) is 28.5 Å². The number of aliphatic hydroxyl groups excluding tert-OH is 10. The number of hydrogen-bond acceptors (Lipinski definition) is 16. The van der Waals surface area contributed by atoms with Crippen molar-refractivity contribution in [1.29, 1.82) is 0 Å². The molecule has 0 aromatic carbocycles. The summed E-state index contributed by atoms with van der Waals surface area (Å²) in [6.07, 6.45) is -22.8. The van der Waals surface area contributed by atoms with Crippen molar-refractivity contribution >= 4 is 5.97 Å². The molecular formula is C23H40O17. The molecule has 0 aromatic rings. The van der Waals surface area contributed by atoms with Gasteiger partial charge in [-0.15, -0.1) is 0 Å². The van der Waals surface area contributed by atoms with Crippen molar-refractivity contribution in [3.63, 3.8) is 0 Å². The fourth-order valence-corrected chi connectivity index (χ4v) is 5.03. The molecule has 11 N–H and O–H groups in total. The van der Waals surface area contributed by atoms with Crippen molar-refractivity contribution in [3.8, 4) is 0 Å². The van der Waals surface area contributed by atoms with Crippen LogP contribution in [-0.4, -0.2) is 173 Å². The first-order valence-corrected chi connectivity index (χ1v) is 12.9. The Balaban J connectivity index is 1.77. The van der Waals surface area contributed by atoms with Crippen molar-refractivity contribution in [3.05, 3.63) is 0 Å². The van der Waals surface area contributed by atoms with E-state index >= 15 is 0 Å². The van der Waals surface area contributed by atoms with E-state index in [4.69, 9.17) is 28.8 Å². The highest BCUT2D eigenvalue weighted by molar-refractivity contribution is 5.76. The molecule has 3 heterocycles. The molecule has 0 saturated carbocycles. The molecule has 0 spiro atoms. The fourth-order valence-electron chi connectivity index (χ4n) is 5.03. The van der Waals surface area contributed by atoms with E-state index in [0.29, 0.717) is 0 Å². The van der Waals surface area contributed by atoms with Gasteiger partial charge in [0.25, 0.3) is 5.79 Å². The number of carboxylic acid groups (broad SMARTS) is 1. The number of carbonyl (C=O) groups is 1. The van der Waals surface area contributed by atoms with Crippen molar-refractivity contribution in [2.24, 2.45) is 5.92 Å². The molecule has 7 unspecified atom stereocenters. The van der Waals surface area contributed by atoms with E-state index in [-0.39, 0.29) is 0 Å². The number of aliphatic carboxylic acids is 1. The van der Waals surface area contributed by atoms with Gasteiger partial charge >= 0.3 is 5.97 Å². The summed E-state index contributed by atoms with van der Waals surface area (Å²) < 4.78 is 27.4. The second-order valence-electron chi connectivity index (χ2n) is 10.5. The zero-order valence-corrected chi connectivity index (χ0v) is 21.9. The lowest BCUT2D eigenvalue weighted by Gasteiger charge is -2.47. The summed E-state index contributed by atoms with van der Waals surface area (Å²) in [7, 11) is 0. The Labute approximate surface area is 228 Å². The lowest BCUT2D eigenvalue weighted by molar-refractivity contribution is -0.357. The lowest BCUT2D eigenvalue weighted by atomic mass is 9.84. The molecule has 3 aliphatic heterocycles. The molecule has 17 heteroatoms. The zero-order chi connectivity index (χ0) is 30.1. The number of hydrogen-bond donors (Lipinski definition) is 11. The normalized spacial score (nSPS) is 48.0. The van der Waals surface area contributed by atoms with Gasteiger partial charge in [-0.1, -0.05) is 6.92 Å². The third kappa shape index (κ3) is 6.59. The molecular weight excluding hydrogens is 548 g/mol. The van der Waals surface area contributed by atoms with Crippen LogP contribution in [0, 0.1) is 5.92 Å². The third-order valence-corrected chi connectivity index (χ3v) is 7.72. The Bertz CT molecular complexity index is 831. The Morgan fingerprint density at radius 3 is 2.15 bits per heavy atom. The predicted molar refractivity (Wildman–Crippen MR) is 125 cm³/mol. The molecule has 3 aliphatic rings. The first-order valence-electron chi connectivity index (χ1n) is 12.9. The van der Waals surface area contributed by atoms with Gasteiger partial charge in [0.1, 0.15) is 61.0 Å². The van der Waals surface area contributed by atoms with Gasteiger partial charge in [-0.2, -0.15) is 0 Å². The summed E-state index contributed by atoms with van der Waals surface area (Å²) in [4.78, 5) is 12.2. The second kappa shape index (κ2) is 13.4. The van der Waals surface area contributed by atoms with Crippen LogP contribution < -0.4 is 0 Å². The van der Waals surface area contributed by atoms with Crippen LogP contribution in [0.15, 0.2) is 0 Å². The summed E-state index contributed by atoms with van der Waals surface area (Å²) >= 11 is 0.